The van der Waals surface area contributed by atoms with Gasteiger partial charge in [0.2, 0.25) is 0 Å². The fourth-order valence-electron chi connectivity index (χ4n) is 3.30. The minimum Gasteiger partial charge on any atom is -0.497 e. The van der Waals surface area contributed by atoms with Crippen molar-refractivity contribution in [1.82, 2.24) is 14.9 Å². The Labute approximate surface area is 181 Å². The average Bonchev–Trinajstić information content (AvgIpc) is 3.21. The van der Waals surface area contributed by atoms with Gasteiger partial charge in [-0.2, -0.15) is 0 Å². The van der Waals surface area contributed by atoms with Gasteiger partial charge >= 0.3 is 0 Å². The molecule has 1 aromatic heterocycles. The Morgan fingerprint density at radius 2 is 1.73 bits per heavy atom. The van der Waals surface area contributed by atoms with Crippen LogP contribution in [0.3, 0.4) is 0 Å². The number of H-pyrrole nitrogens is 1. The second kappa shape index (κ2) is 9.41. The molecule has 1 heterocycles. The van der Waals surface area contributed by atoms with Crippen molar-refractivity contribution >= 4 is 34.1 Å². The van der Waals surface area contributed by atoms with E-state index in [2.05, 4.69) is 27.3 Å². The molecule has 0 aliphatic rings. The van der Waals surface area contributed by atoms with Crippen LogP contribution in [0, 0.1) is 0 Å². The summed E-state index contributed by atoms with van der Waals surface area (Å²) in [5, 5.41) is 4.03. The number of methoxy groups -OCH3 is 1. The lowest BCUT2D eigenvalue weighted by Gasteiger charge is -2.26. The van der Waals surface area contributed by atoms with Crippen molar-refractivity contribution in [2.45, 2.75) is 13.0 Å². The lowest BCUT2D eigenvalue weighted by atomic mass is 10.2. The third-order valence-electron chi connectivity index (χ3n) is 4.90. The van der Waals surface area contributed by atoms with E-state index >= 15 is 0 Å². The molecular formula is C24H24N4OS. The van der Waals surface area contributed by atoms with Crippen molar-refractivity contribution in [1.29, 1.82) is 0 Å². The molecule has 5 nitrogen and oxygen atoms in total. The van der Waals surface area contributed by atoms with Crippen LogP contribution in [0.25, 0.3) is 11.0 Å². The molecule has 6 heteroatoms. The van der Waals surface area contributed by atoms with Gasteiger partial charge in [-0.25, -0.2) is 4.98 Å². The maximum Gasteiger partial charge on any atom is 0.173 e. The van der Waals surface area contributed by atoms with Gasteiger partial charge in [-0.3, -0.25) is 0 Å². The summed E-state index contributed by atoms with van der Waals surface area (Å²) < 4.78 is 5.23. The van der Waals surface area contributed by atoms with E-state index in [4.69, 9.17) is 21.9 Å². The first-order chi connectivity index (χ1) is 14.7. The number of benzene rings is 3. The number of ether oxygens (including phenoxy) is 1. The molecule has 152 valence electrons. The Bertz CT molecular complexity index is 1080. The number of anilines is 1. The summed E-state index contributed by atoms with van der Waals surface area (Å²) in [5.74, 6) is 1.78. The van der Waals surface area contributed by atoms with Gasteiger partial charge in [0.05, 0.1) is 18.1 Å². The first-order valence-corrected chi connectivity index (χ1v) is 10.3. The number of para-hydroxylation sites is 2. The zero-order valence-corrected chi connectivity index (χ0v) is 17.7. The third-order valence-corrected chi connectivity index (χ3v) is 5.26. The van der Waals surface area contributed by atoms with Crippen molar-refractivity contribution < 1.29 is 4.74 Å². The molecule has 0 unspecified atom stereocenters. The molecule has 0 bridgehead atoms. The number of hydrogen-bond donors (Lipinski definition) is 2. The van der Waals surface area contributed by atoms with E-state index in [9.17, 15) is 0 Å². The van der Waals surface area contributed by atoms with Gasteiger partial charge in [0.1, 0.15) is 11.6 Å². The predicted molar refractivity (Wildman–Crippen MR) is 126 cm³/mol. The predicted octanol–water partition coefficient (Wildman–Crippen LogP) is 5.01. The first kappa shape index (κ1) is 19.9. The maximum absolute atomic E-state index is 5.75. The number of rotatable bonds is 7. The molecule has 0 spiro atoms. The molecule has 2 N–H and O–H groups in total. The van der Waals surface area contributed by atoms with Crippen molar-refractivity contribution in [3.8, 4) is 5.75 Å². The Morgan fingerprint density at radius 3 is 2.47 bits per heavy atom. The molecule has 0 radical (unpaired) electrons. The quantitative estimate of drug-likeness (QED) is 0.415. The largest absolute Gasteiger partial charge is 0.497 e. The van der Waals surface area contributed by atoms with Crippen LogP contribution < -0.4 is 10.1 Å². The fraction of sp³-hybridized carbons (Fsp3) is 0.167. The average molecular weight is 417 g/mol. The molecule has 0 atom stereocenters. The maximum atomic E-state index is 5.75. The van der Waals surface area contributed by atoms with Crippen LogP contribution in [0.4, 0.5) is 5.69 Å². The van der Waals surface area contributed by atoms with Gasteiger partial charge in [0.15, 0.2) is 5.11 Å². The Hall–Kier alpha value is -3.38. The van der Waals surface area contributed by atoms with Crippen molar-refractivity contribution in [2.24, 2.45) is 0 Å². The molecule has 0 amide bonds. The molecule has 4 rings (SSSR count). The molecular weight excluding hydrogens is 392 g/mol. The van der Waals surface area contributed by atoms with E-state index in [1.54, 1.807) is 7.11 Å². The normalized spacial score (nSPS) is 10.7. The molecule has 0 fully saturated rings. The van der Waals surface area contributed by atoms with Gasteiger partial charge in [0, 0.05) is 25.2 Å². The van der Waals surface area contributed by atoms with E-state index < -0.39 is 0 Å². The number of aromatic amines is 1. The van der Waals surface area contributed by atoms with Crippen molar-refractivity contribution in [3.63, 3.8) is 0 Å². The lowest BCUT2D eigenvalue weighted by molar-refractivity contribution is 0.414. The van der Waals surface area contributed by atoms with Crippen LogP contribution in [-0.2, 0) is 13.0 Å². The van der Waals surface area contributed by atoms with E-state index in [0.717, 1.165) is 47.8 Å². The number of thiocarbonyl (C=S) groups is 1. The molecule has 0 aliphatic heterocycles. The highest BCUT2D eigenvalue weighted by Crippen LogP contribution is 2.17. The van der Waals surface area contributed by atoms with Gasteiger partial charge in [0.25, 0.3) is 0 Å². The number of hydrogen-bond acceptors (Lipinski definition) is 3. The van der Waals surface area contributed by atoms with Crippen molar-refractivity contribution in [3.05, 3.63) is 90.3 Å². The number of fused-ring (bicyclic) bond motifs is 1. The standard InChI is InChI=1S/C24H24N4OS/c1-29-20-13-11-19(12-14-20)25-24(30)28(17-18-7-3-2-4-8-18)16-15-23-26-21-9-5-6-10-22(21)27-23/h2-14H,15-17H2,1H3,(H,25,30)(H,26,27). The minimum absolute atomic E-state index is 0.681. The number of nitrogens with one attached hydrogen (secondary N) is 2. The highest BCUT2D eigenvalue weighted by atomic mass is 32.1. The summed E-state index contributed by atoms with van der Waals surface area (Å²) in [5.41, 5.74) is 4.19. The van der Waals surface area contributed by atoms with Gasteiger partial charge in [-0.15, -0.1) is 0 Å². The van der Waals surface area contributed by atoms with E-state index in [1.165, 1.54) is 5.56 Å². The van der Waals surface area contributed by atoms with Gasteiger partial charge in [-0.05, 0) is 54.2 Å². The Kier molecular flexibility index (Phi) is 6.25. The highest BCUT2D eigenvalue weighted by Gasteiger charge is 2.13. The highest BCUT2D eigenvalue weighted by molar-refractivity contribution is 7.80. The van der Waals surface area contributed by atoms with E-state index in [-0.39, 0.29) is 0 Å². The zero-order chi connectivity index (χ0) is 20.8. The summed E-state index contributed by atoms with van der Waals surface area (Å²) >= 11 is 5.75. The molecule has 0 saturated carbocycles. The summed E-state index contributed by atoms with van der Waals surface area (Å²) in [6.45, 7) is 1.47. The molecule has 0 saturated heterocycles. The summed E-state index contributed by atoms with van der Waals surface area (Å²) in [6, 6.07) is 26.2. The fourth-order valence-corrected chi connectivity index (χ4v) is 3.57. The van der Waals surface area contributed by atoms with E-state index in [1.807, 2.05) is 66.7 Å². The van der Waals surface area contributed by atoms with Gasteiger partial charge in [-0.1, -0.05) is 42.5 Å². The summed E-state index contributed by atoms with van der Waals surface area (Å²) in [7, 11) is 1.66. The smallest absolute Gasteiger partial charge is 0.173 e. The summed E-state index contributed by atoms with van der Waals surface area (Å²) in [4.78, 5) is 10.3. The number of aromatic nitrogens is 2. The van der Waals surface area contributed by atoms with Crippen LogP contribution in [0.2, 0.25) is 0 Å². The van der Waals surface area contributed by atoms with Crippen LogP contribution in [0.15, 0.2) is 78.9 Å². The van der Waals surface area contributed by atoms with Crippen LogP contribution in [-0.4, -0.2) is 33.6 Å². The summed E-state index contributed by atoms with van der Waals surface area (Å²) in [6.07, 6.45) is 0.770. The SMILES string of the molecule is COc1ccc(NC(=S)N(CCc2nc3ccccc3[nH]2)Cc2ccccc2)cc1. The zero-order valence-electron chi connectivity index (χ0n) is 16.8. The topological polar surface area (TPSA) is 53.2 Å². The third kappa shape index (κ3) is 4.96. The number of imidazole rings is 1. The Morgan fingerprint density at radius 1 is 1.00 bits per heavy atom. The second-order valence-electron chi connectivity index (χ2n) is 7.02. The first-order valence-electron chi connectivity index (χ1n) is 9.89. The Balaban J connectivity index is 1.48. The molecule has 4 aromatic rings. The van der Waals surface area contributed by atoms with Gasteiger partial charge < -0.3 is 19.9 Å². The monoisotopic (exact) mass is 416 g/mol. The second-order valence-corrected chi connectivity index (χ2v) is 7.40. The minimum atomic E-state index is 0.681. The van der Waals surface area contributed by atoms with Crippen LogP contribution in [0.5, 0.6) is 5.75 Å². The van der Waals surface area contributed by atoms with Crippen LogP contribution in [0.1, 0.15) is 11.4 Å². The van der Waals surface area contributed by atoms with Crippen LogP contribution >= 0.6 is 12.2 Å². The number of nitrogens with zero attached hydrogens (tertiary/aromatic N) is 2. The molecule has 0 aliphatic carbocycles. The van der Waals surface area contributed by atoms with Crippen molar-refractivity contribution in [2.75, 3.05) is 19.0 Å². The molecule has 30 heavy (non-hydrogen) atoms. The lowest BCUT2D eigenvalue weighted by Crippen LogP contribution is -2.36. The van der Waals surface area contributed by atoms with E-state index in [0.29, 0.717) is 5.11 Å². The molecule has 3 aromatic carbocycles.